The Morgan fingerprint density at radius 3 is 2.23 bits per heavy atom. The number of carbonyl (C=O) groups is 1. The zero-order valence-electron chi connectivity index (χ0n) is 27.6. The summed E-state index contributed by atoms with van der Waals surface area (Å²) in [6, 6.07) is 0. The Bertz CT molecular complexity index is 1270. The first kappa shape index (κ1) is 35.5. The molecule has 15 heteroatoms. The first-order valence-electron chi connectivity index (χ1n) is 17.4. The summed E-state index contributed by atoms with van der Waals surface area (Å²) in [6.07, 6.45) is -15.7. The Morgan fingerprint density at radius 2 is 1.56 bits per heavy atom. The number of hydrogen-bond acceptors (Lipinski definition) is 15. The van der Waals surface area contributed by atoms with Crippen molar-refractivity contribution in [2.45, 2.75) is 138 Å². The number of carbonyl (C=O) groups excluding carboxylic acids is 1. The summed E-state index contributed by atoms with van der Waals surface area (Å²) in [6.45, 7) is 7.19. The van der Waals surface area contributed by atoms with Gasteiger partial charge >= 0.3 is 0 Å². The zero-order valence-corrected chi connectivity index (χ0v) is 27.6. The van der Waals surface area contributed by atoms with Gasteiger partial charge in [0.25, 0.3) is 0 Å². The fourth-order valence-corrected chi connectivity index (χ4v) is 11.7. The van der Waals surface area contributed by atoms with E-state index in [0.29, 0.717) is 19.3 Å². The van der Waals surface area contributed by atoms with Crippen LogP contribution in [0.25, 0.3) is 0 Å². The van der Waals surface area contributed by atoms with Crippen LogP contribution in [0.3, 0.4) is 0 Å². The van der Waals surface area contributed by atoms with E-state index in [1.807, 2.05) is 13.8 Å². The van der Waals surface area contributed by atoms with Gasteiger partial charge in [-0.25, -0.2) is 0 Å². The van der Waals surface area contributed by atoms with Gasteiger partial charge in [-0.1, -0.05) is 27.7 Å². The maximum absolute atomic E-state index is 13.8. The normalized spacial score (nSPS) is 62.7. The van der Waals surface area contributed by atoms with Gasteiger partial charge in [0.2, 0.25) is 0 Å². The summed E-state index contributed by atoms with van der Waals surface area (Å²) >= 11 is 0. The summed E-state index contributed by atoms with van der Waals surface area (Å²) in [5, 5.41) is 107. The molecule has 3 aliphatic heterocycles. The van der Waals surface area contributed by atoms with Crippen LogP contribution in [0.4, 0.5) is 0 Å². The molecule has 0 radical (unpaired) electrons. The maximum atomic E-state index is 13.8. The highest BCUT2D eigenvalue weighted by atomic mass is 16.7. The molecular formula is C33H52O15. The average molecular weight is 689 g/mol. The number of aliphatic hydroxyl groups is 10. The molecule has 10 N–H and O–H groups in total. The number of hydrogen-bond donors (Lipinski definition) is 10. The monoisotopic (exact) mass is 688 g/mol. The number of aliphatic hydroxyl groups excluding tert-OH is 9. The summed E-state index contributed by atoms with van der Waals surface area (Å²) in [5.74, 6) is -4.30. The van der Waals surface area contributed by atoms with Crippen LogP contribution < -0.4 is 0 Å². The van der Waals surface area contributed by atoms with Crippen LogP contribution in [0.5, 0.6) is 0 Å². The average Bonchev–Trinajstić information content (AvgIpc) is 3.50. The van der Waals surface area contributed by atoms with Crippen molar-refractivity contribution in [1.29, 1.82) is 0 Å². The minimum absolute atomic E-state index is 0.0880. The first-order chi connectivity index (χ1) is 22.4. The topological polar surface area (TPSA) is 256 Å². The van der Waals surface area contributed by atoms with Crippen molar-refractivity contribution in [3.8, 4) is 0 Å². The molecule has 7 rings (SSSR count). The molecule has 0 bridgehead atoms. The van der Waals surface area contributed by atoms with E-state index < -0.39 is 114 Å². The van der Waals surface area contributed by atoms with Gasteiger partial charge < -0.3 is 70.0 Å². The van der Waals surface area contributed by atoms with Gasteiger partial charge in [-0.2, -0.15) is 0 Å². The van der Waals surface area contributed by atoms with E-state index in [9.17, 15) is 55.9 Å². The molecule has 4 aliphatic carbocycles. The minimum Gasteiger partial charge on any atom is -0.394 e. The molecule has 48 heavy (non-hydrogen) atoms. The number of fused-ring (bicyclic) bond motifs is 7. The predicted molar refractivity (Wildman–Crippen MR) is 159 cm³/mol. The van der Waals surface area contributed by atoms with E-state index in [1.165, 1.54) is 6.92 Å². The third-order valence-corrected chi connectivity index (χ3v) is 14.5. The summed E-state index contributed by atoms with van der Waals surface area (Å²) in [4.78, 5) is 13.8. The van der Waals surface area contributed by atoms with Gasteiger partial charge in [0.15, 0.2) is 23.5 Å². The lowest BCUT2D eigenvalue weighted by Crippen LogP contribution is -2.82. The van der Waals surface area contributed by atoms with Gasteiger partial charge in [0.1, 0.15) is 48.8 Å². The van der Waals surface area contributed by atoms with Crippen molar-refractivity contribution in [1.82, 2.24) is 0 Å². The second-order valence-electron chi connectivity index (χ2n) is 16.4. The highest BCUT2D eigenvalue weighted by molar-refractivity contribution is 5.94. The van der Waals surface area contributed by atoms with Crippen molar-refractivity contribution in [2.24, 2.45) is 46.3 Å². The van der Waals surface area contributed by atoms with Crippen molar-refractivity contribution in [3.63, 3.8) is 0 Å². The van der Waals surface area contributed by atoms with Crippen molar-refractivity contribution >= 4 is 5.78 Å². The lowest BCUT2D eigenvalue weighted by atomic mass is 9.40. The molecule has 7 fully saturated rings. The van der Waals surface area contributed by atoms with E-state index in [0.717, 1.165) is 0 Å². The van der Waals surface area contributed by atoms with Crippen molar-refractivity contribution < 1.29 is 74.8 Å². The van der Waals surface area contributed by atoms with E-state index >= 15 is 0 Å². The van der Waals surface area contributed by atoms with Gasteiger partial charge in [-0.05, 0) is 48.3 Å². The van der Waals surface area contributed by atoms with Crippen LogP contribution in [0.15, 0.2) is 0 Å². The quantitative estimate of drug-likeness (QED) is 0.140. The fraction of sp³-hybridized carbons (Fsp3) is 0.970. The predicted octanol–water partition coefficient (Wildman–Crippen LogP) is -3.23. The standard InChI is InChI=1S/C33H52O15/c1-11-10-45-32(8-16(11)46-29-25(40)22(37)20(35)17(9-34)47-29)12(2)19-15(48-32)7-14-18-13(5-6-30(14,19)3)31(4)26(41)23(38)24(39)28(43)33(31,44)27(42)21(18)36/h11-26,28-29,34-41,43-44H,5-10H2,1-4H3/t11-,12-,13-,14-,15?,16-,17+,18+,19-,20+,21-,22-,23+,24-,25+,26+,28-,29+,30-,31-,32+,33-/m0/s1. The number of Topliss-reactive ketones (excluding diaryl/α,β-unsaturated/α-hetero) is 1. The van der Waals surface area contributed by atoms with Gasteiger partial charge in [-0.15, -0.1) is 0 Å². The molecule has 274 valence electrons. The number of rotatable bonds is 3. The maximum Gasteiger partial charge on any atom is 0.196 e. The van der Waals surface area contributed by atoms with E-state index in [2.05, 4.69) is 6.92 Å². The van der Waals surface area contributed by atoms with Crippen LogP contribution in [-0.4, -0.2) is 155 Å². The van der Waals surface area contributed by atoms with E-state index in [4.69, 9.17) is 18.9 Å². The Hall–Kier alpha value is -0.890. The van der Waals surface area contributed by atoms with E-state index in [-0.39, 0.29) is 42.8 Å². The molecule has 22 atom stereocenters. The Kier molecular flexibility index (Phi) is 8.55. The van der Waals surface area contributed by atoms with Gasteiger partial charge in [0, 0.05) is 23.7 Å². The van der Waals surface area contributed by atoms with Gasteiger partial charge in [-0.3, -0.25) is 4.79 Å². The molecule has 3 heterocycles. The Labute approximate surface area is 278 Å². The molecular weight excluding hydrogens is 636 g/mol. The molecule has 0 amide bonds. The number of ether oxygens (including phenoxy) is 4. The van der Waals surface area contributed by atoms with Crippen LogP contribution in [0.2, 0.25) is 0 Å². The largest absolute Gasteiger partial charge is 0.394 e. The summed E-state index contributed by atoms with van der Waals surface area (Å²) < 4.78 is 25.1. The second-order valence-corrected chi connectivity index (χ2v) is 16.4. The molecule has 0 aromatic heterocycles. The number of ketones is 1. The van der Waals surface area contributed by atoms with Gasteiger partial charge in [0.05, 0.1) is 31.5 Å². The van der Waals surface area contributed by atoms with Crippen LogP contribution in [-0.2, 0) is 23.7 Å². The molecule has 4 saturated carbocycles. The van der Waals surface area contributed by atoms with Crippen molar-refractivity contribution in [3.05, 3.63) is 0 Å². The highest BCUT2D eigenvalue weighted by Gasteiger charge is 2.79. The SMILES string of the molecule is C[C@H]1CO[C@]2(C[C@@H]1O[C@@H]1O[C@H](CO)[C@@H](O)[C@H](O)[C@H]1O)OC1C[C@H]3[C@@H]4[C@H](O)C(=O)[C@]5(O)[C@@H](O)[C@@H](O)[C@@H](O)[C@@H](O)[C@]5(C)[C@H]4CC[C@]3(C)[C@H]1[C@@H]2C. The Balaban J connectivity index is 1.14. The summed E-state index contributed by atoms with van der Waals surface area (Å²) in [5.41, 5.74) is -4.90. The zero-order chi connectivity index (χ0) is 35.0. The van der Waals surface area contributed by atoms with Crippen LogP contribution >= 0.6 is 0 Å². The first-order valence-corrected chi connectivity index (χ1v) is 17.4. The minimum atomic E-state index is -2.68. The third kappa shape index (κ3) is 4.35. The second kappa shape index (κ2) is 11.6. The molecule has 0 aromatic carbocycles. The molecule has 1 unspecified atom stereocenters. The Morgan fingerprint density at radius 1 is 0.896 bits per heavy atom. The lowest BCUT2D eigenvalue weighted by molar-refractivity contribution is -0.345. The van der Waals surface area contributed by atoms with Crippen molar-refractivity contribution in [2.75, 3.05) is 13.2 Å². The summed E-state index contributed by atoms with van der Waals surface area (Å²) in [7, 11) is 0. The molecule has 1 spiro atoms. The van der Waals surface area contributed by atoms with Crippen LogP contribution in [0.1, 0.15) is 53.4 Å². The lowest BCUT2D eigenvalue weighted by Gasteiger charge is -2.66. The molecule has 7 aliphatic rings. The highest BCUT2D eigenvalue weighted by Crippen LogP contribution is 2.71. The molecule has 0 aromatic rings. The molecule has 3 saturated heterocycles. The third-order valence-electron chi connectivity index (χ3n) is 14.5. The smallest absolute Gasteiger partial charge is 0.196 e. The van der Waals surface area contributed by atoms with E-state index in [1.54, 1.807) is 0 Å². The fourth-order valence-electron chi connectivity index (χ4n) is 11.7. The van der Waals surface area contributed by atoms with Crippen LogP contribution in [0, 0.1) is 46.3 Å². The molecule has 15 nitrogen and oxygen atoms in total.